The number of anilines is 3. The van der Waals surface area contributed by atoms with Crippen LogP contribution in [0.5, 0.6) is 0 Å². The molecule has 2 aliphatic rings. The highest BCUT2D eigenvalue weighted by Crippen LogP contribution is 2.36. The van der Waals surface area contributed by atoms with Gasteiger partial charge >= 0.3 is 12.0 Å². The summed E-state index contributed by atoms with van der Waals surface area (Å²) in [5, 5.41) is 2.78. The molecule has 0 spiro atoms. The number of rotatable bonds is 5. The van der Waals surface area contributed by atoms with Crippen molar-refractivity contribution in [3.63, 3.8) is 0 Å². The highest BCUT2D eigenvalue weighted by atomic mass is 19.1. The molecule has 2 aliphatic heterocycles. The molecule has 3 aromatic rings. The molecule has 0 unspecified atom stereocenters. The maximum atomic E-state index is 15.1. The minimum Gasteiger partial charge on any atom is -0.459 e. The van der Waals surface area contributed by atoms with Crippen molar-refractivity contribution < 1.29 is 28.3 Å². The molecule has 9 nitrogen and oxygen atoms in total. The molecular weight excluding hydrogens is 563 g/mol. The first-order chi connectivity index (χ1) is 20.9. The zero-order chi connectivity index (χ0) is 31.6. The highest BCUT2D eigenvalue weighted by Gasteiger charge is 2.36. The Balaban J connectivity index is 1.29. The Bertz CT molecular complexity index is 1620. The molecule has 0 atom stereocenters. The van der Waals surface area contributed by atoms with E-state index in [0.717, 1.165) is 51.4 Å². The summed E-state index contributed by atoms with van der Waals surface area (Å²) in [5.41, 5.74) is 3.50. The van der Waals surface area contributed by atoms with Crippen LogP contribution < -0.4 is 20.0 Å². The molecule has 0 saturated heterocycles. The van der Waals surface area contributed by atoms with Crippen LogP contribution in [0.3, 0.4) is 0 Å². The molecule has 0 saturated carbocycles. The minimum atomic E-state index is -0.755. The number of aryl methyl sites for hydroxylation is 2. The van der Waals surface area contributed by atoms with Gasteiger partial charge in [-0.05, 0) is 94.0 Å². The van der Waals surface area contributed by atoms with Gasteiger partial charge in [0, 0.05) is 24.3 Å². The lowest BCUT2D eigenvalue weighted by Crippen LogP contribution is -2.53. The minimum absolute atomic E-state index is 0.0760. The van der Waals surface area contributed by atoms with Crippen LogP contribution in [0.4, 0.5) is 26.2 Å². The van der Waals surface area contributed by atoms with Crippen LogP contribution in [-0.2, 0) is 27.3 Å². The van der Waals surface area contributed by atoms with Crippen molar-refractivity contribution in [2.24, 2.45) is 0 Å². The number of halogens is 1. The fourth-order valence-electron chi connectivity index (χ4n) is 5.62. The fourth-order valence-corrected chi connectivity index (χ4v) is 5.62. The van der Waals surface area contributed by atoms with Crippen LogP contribution in [0.15, 0.2) is 60.7 Å². The zero-order valence-corrected chi connectivity index (χ0v) is 25.5. The van der Waals surface area contributed by atoms with Crippen LogP contribution in [0.25, 0.3) is 0 Å². The van der Waals surface area contributed by atoms with E-state index in [2.05, 4.69) is 11.4 Å². The van der Waals surface area contributed by atoms with Crippen molar-refractivity contribution in [1.82, 2.24) is 5.32 Å². The van der Waals surface area contributed by atoms with E-state index in [1.807, 2.05) is 36.1 Å². The van der Waals surface area contributed by atoms with E-state index in [1.54, 1.807) is 32.9 Å². The summed E-state index contributed by atoms with van der Waals surface area (Å²) in [5.74, 6) is -1.96. The largest absolute Gasteiger partial charge is 0.459 e. The monoisotopic (exact) mass is 600 g/mol. The normalized spacial score (nSPS) is 14.8. The van der Waals surface area contributed by atoms with Crippen LogP contribution in [0, 0.1) is 12.7 Å². The van der Waals surface area contributed by atoms with E-state index in [4.69, 9.17) is 4.74 Å². The summed E-state index contributed by atoms with van der Waals surface area (Å²) >= 11 is 0. The molecular formula is C34H37FN4O5. The number of carbonyl (C=O) groups is 4. The highest BCUT2D eigenvalue weighted by molar-refractivity contribution is 6.12. The number of fused-ring (bicyclic) bond motifs is 2. The average molecular weight is 601 g/mol. The SMILES string of the molecule is Cc1cc(C(=O)N2CCCCc3ccccc32)ccc1CNC(=O)N1CC(=O)N(CC(=O)OC(C)(C)C)c2cccc(F)c21. The van der Waals surface area contributed by atoms with Crippen molar-refractivity contribution in [3.8, 4) is 0 Å². The van der Waals surface area contributed by atoms with Gasteiger partial charge in [-0.15, -0.1) is 0 Å². The number of ether oxygens (including phenoxy) is 1. The summed E-state index contributed by atoms with van der Waals surface area (Å²) in [7, 11) is 0. The lowest BCUT2D eigenvalue weighted by Gasteiger charge is -2.36. The number of amides is 4. The van der Waals surface area contributed by atoms with Gasteiger partial charge in [0.15, 0.2) is 0 Å². The maximum absolute atomic E-state index is 15.1. The van der Waals surface area contributed by atoms with Crippen molar-refractivity contribution in [2.75, 3.05) is 34.3 Å². The molecule has 5 rings (SSSR count). The second-order valence-electron chi connectivity index (χ2n) is 12.1. The van der Waals surface area contributed by atoms with Gasteiger partial charge < -0.3 is 15.0 Å². The summed E-state index contributed by atoms with van der Waals surface area (Å²) in [6.45, 7) is 6.89. The lowest BCUT2D eigenvalue weighted by atomic mass is 10.0. The molecule has 230 valence electrons. The molecule has 2 heterocycles. The lowest BCUT2D eigenvalue weighted by molar-refractivity contribution is -0.153. The maximum Gasteiger partial charge on any atom is 0.326 e. The number of nitrogens with zero attached hydrogens (tertiary/aromatic N) is 3. The Morgan fingerprint density at radius 1 is 0.955 bits per heavy atom. The predicted molar refractivity (Wildman–Crippen MR) is 166 cm³/mol. The number of carbonyl (C=O) groups excluding carboxylic acids is 4. The first kappa shape index (κ1) is 30.7. The third kappa shape index (κ3) is 6.59. The molecule has 0 fully saturated rings. The van der Waals surface area contributed by atoms with Crippen molar-refractivity contribution >= 4 is 40.9 Å². The van der Waals surface area contributed by atoms with Crippen LogP contribution in [0.1, 0.15) is 60.7 Å². The number of nitrogens with one attached hydrogen (secondary N) is 1. The molecule has 1 N–H and O–H groups in total. The summed E-state index contributed by atoms with van der Waals surface area (Å²) in [4.78, 5) is 56.4. The second-order valence-corrected chi connectivity index (χ2v) is 12.1. The number of para-hydroxylation sites is 2. The van der Waals surface area contributed by atoms with E-state index in [-0.39, 0.29) is 23.8 Å². The van der Waals surface area contributed by atoms with Gasteiger partial charge in [-0.25, -0.2) is 9.18 Å². The smallest absolute Gasteiger partial charge is 0.326 e. The molecule has 44 heavy (non-hydrogen) atoms. The molecule has 0 aliphatic carbocycles. The van der Waals surface area contributed by atoms with Gasteiger partial charge in [-0.2, -0.15) is 0 Å². The van der Waals surface area contributed by atoms with Gasteiger partial charge in [0.05, 0.1) is 5.69 Å². The Labute approximate surface area is 256 Å². The molecule has 10 heteroatoms. The molecule has 0 aromatic heterocycles. The number of esters is 1. The van der Waals surface area contributed by atoms with Gasteiger partial charge in [0.25, 0.3) is 5.91 Å². The first-order valence-electron chi connectivity index (χ1n) is 14.8. The summed E-state index contributed by atoms with van der Waals surface area (Å²) < 4.78 is 20.4. The van der Waals surface area contributed by atoms with Gasteiger partial charge in [0.1, 0.15) is 30.2 Å². The quantitative estimate of drug-likeness (QED) is 0.389. The summed E-state index contributed by atoms with van der Waals surface area (Å²) in [6.07, 6.45) is 2.89. The van der Waals surface area contributed by atoms with Crippen molar-refractivity contribution in [2.45, 2.75) is 59.1 Å². The summed E-state index contributed by atoms with van der Waals surface area (Å²) in [6, 6.07) is 16.8. The molecule has 3 aromatic carbocycles. The second kappa shape index (κ2) is 12.5. The zero-order valence-electron chi connectivity index (χ0n) is 25.5. The standard InChI is InChI=1S/C34H37FN4O5/c1-22-18-24(32(42)37-17-8-7-11-23-10-5-6-13-27(23)37)15-16-25(22)19-36-33(43)39-20-29(40)38(21-30(41)44-34(2,3)4)28-14-9-12-26(35)31(28)39/h5-6,9-10,12-16,18H,7-8,11,17,19-21H2,1-4H3,(H,36,43). The van der Waals surface area contributed by atoms with Gasteiger partial charge in [-0.3, -0.25) is 24.2 Å². The first-order valence-corrected chi connectivity index (χ1v) is 14.8. The van der Waals surface area contributed by atoms with Gasteiger partial charge in [0.2, 0.25) is 5.91 Å². The number of urea groups is 1. The topological polar surface area (TPSA) is 99.3 Å². The predicted octanol–water partition coefficient (Wildman–Crippen LogP) is 5.52. The fraction of sp³-hybridized carbons (Fsp3) is 0.353. The third-order valence-electron chi connectivity index (χ3n) is 7.70. The van der Waals surface area contributed by atoms with Gasteiger partial charge in [-0.1, -0.05) is 30.3 Å². The van der Waals surface area contributed by atoms with Crippen molar-refractivity contribution in [1.29, 1.82) is 0 Å². The van der Waals surface area contributed by atoms with E-state index in [1.165, 1.54) is 18.2 Å². The Morgan fingerprint density at radius 3 is 2.45 bits per heavy atom. The van der Waals surface area contributed by atoms with Crippen LogP contribution in [0.2, 0.25) is 0 Å². The molecule has 4 amide bonds. The Morgan fingerprint density at radius 2 is 1.70 bits per heavy atom. The van der Waals surface area contributed by atoms with E-state index in [0.29, 0.717) is 12.1 Å². The number of benzene rings is 3. The van der Waals surface area contributed by atoms with Crippen LogP contribution >= 0.6 is 0 Å². The average Bonchev–Trinajstić information content (AvgIpc) is 3.19. The third-order valence-corrected chi connectivity index (χ3v) is 7.70. The van der Waals surface area contributed by atoms with E-state index >= 15 is 4.39 Å². The molecule has 0 bridgehead atoms. The Hall–Kier alpha value is -4.73. The number of hydrogen-bond donors (Lipinski definition) is 1. The Kier molecular flexibility index (Phi) is 8.71. The molecule has 0 radical (unpaired) electrons. The van der Waals surface area contributed by atoms with E-state index < -0.39 is 42.4 Å². The number of hydrogen-bond acceptors (Lipinski definition) is 5. The van der Waals surface area contributed by atoms with Crippen molar-refractivity contribution in [3.05, 3.63) is 88.7 Å². The van der Waals surface area contributed by atoms with E-state index in [9.17, 15) is 19.2 Å². The van der Waals surface area contributed by atoms with Crippen LogP contribution in [-0.4, -0.2) is 49.1 Å².